The molecule has 0 aliphatic heterocycles. The van der Waals surface area contributed by atoms with E-state index in [1.54, 1.807) is 35.7 Å². The van der Waals surface area contributed by atoms with E-state index in [0.29, 0.717) is 22.8 Å². The van der Waals surface area contributed by atoms with E-state index in [0.717, 1.165) is 4.90 Å². The molecule has 3 rings (SSSR count). The smallest absolute Gasteiger partial charge is 0.357 e. The SMILES string of the molecule is CCOC(=O)c1c(CSc2ccc(F)cc2)nc2c(C#N)c(OC)ccn12. The molecular weight excluding hydrogens is 369 g/mol. The van der Waals surface area contributed by atoms with Gasteiger partial charge in [0.25, 0.3) is 0 Å². The third-order valence-corrected chi connectivity index (χ3v) is 4.84. The number of hydrogen-bond acceptors (Lipinski definition) is 6. The number of aromatic nitrogens is 2. The van der Waals surface area contributed by atoms with E-state index in [9.17, 15) is 14.4 Å². The van der Waals surface area contributed by atoms with Crippen LogP contribution in [-0.4, -0.2) is 29.1 Å². The fourth-order valence-electron chi connectivity index (χ4n) is 2.61. The largest absolute Gasteiger partial charge is 0.495 e. The van der Waals surface area contributed by atoms with Crippen LogP contribution in [0.3, 0.4) is 0 Å². The Hall–Kier alpha value is -3.05. The van der Waals surface area contributed by atoms with E-state index in [4.69, 9.17) is 9.47 Å². The monoisotopic (exact) mass is 385 g/mol. The lowest BCUT2D eigenvalue weighted by Crippen LogP contribution is -2.10. The van der Waals surface area contributed by atoms with Crippen molar-refractivity contribution in [1.82, 2.24) is 9.38 Å². The normalized spacial score (nSPS) is 10.6. The van der Waals surface area contributed by atoms with E-state index >= 15 is 0 Å². The molecule has 0 N–H and O–H groups in total. The van der Waals surface area contributed by atoms with Gasteiger partial charge in [-0.3, -0.25) is 4.40 Å². The topological polar surface area (TPSA) is 76.6 Å². The maximum atomic E-state index is 13.1. The highest BCUT2D eigenvalue weighted by molar-refractivity contribution is 7.98. The molecule has 0 saturated heterocycles. The quantitative estimate of drug-likeness (QED) is 0.474. The second-order valence-corrected chi connectivity index (χ2v) is 6.48. The highest BCUT2D eigenvalue weighted by Gasteiger charge is 2.23. The summed E-state index contributed by atoms with van der Waals surface area (Å²) in [5, 5.41) is 9.48. The van der Waals surface area contributed by atoms with Gasteiger partial charge in [0.15, 0.2) is 11.3 Å². The maximum Gasteiger partial charge on any atom is 0.357 e. The molecule has 138 valence electrons. The molecule has 2 heterocycles. The van der Waals surface area contributed by atoms with E-state index < -0.39 is 5.97 Å². The van der Waals surface area contributed by atoms with Gasteiger partial charge in [0.1, 0.15) is 23.2 Å². The highest BCUT2D eigenvalue weighted by Crippen LogP contribution is 2.29. The molecule has 0 atom stereocenters. The number of carbonyl (C=O) groups excluding carboxylic acids is 1. The summed E-state index contributed by atoms with van der Waals surface area (Å²) in [5.74, 6) is -0.101. The Morgan fingerprint density at radius 1 is 1.33 bits per heavy atom. The first-order chi connectivity index (χ1) is 13.1. The summed E-state index contributed by atoms with van der Waals surface area (Å²) in [6, 6.07) is 9.73. The van der Waals surface area contributed by atoms with Crippen molar-refractivity contribution in [3.8, 4) is 11.8 Å². The molecule has 27 heavy (non-hydrogen) atoms. The molecule has 0 fully saturated rings. The van der Waals surface area contributed by atoms with Crippen LogP contribution in [0.4, 0.5) is 4.39 Å². The number of esters is 1. The number of hydrogen-bond donors (Lipinski definition) is 0. The number of nitrogens with zero attached hydrogens (tertiary/aromatic N) is 3. The zero-order valence-electron chi connectivity index (χ0n) is 14.7. The number of thioether (sulfide) groups is 1. The first kappa shape index (κ1) is 18.7. The van der Waals surface area contributed by atoms with Gasteiger partial charge < -0.3 is 9.47 Å². The average Bonchev–Trinajstić information content (AvgIpc) is 3.05. The summed E-state index contributed by atoms with van der Waals surface area (Å²) in [7, 11) is 1.47. The number of rotatable bonds is 6. The van der Waals surface area contributed by atoms with Crippen molar-refractivity contribution in [2.24, 2.45) is 0 Å². The van der Waals surface area contributed by atoms with Crippen molar-refractivity contribution >= 4 is 23.4 Å². The van der Waals surface area contributed by atoms with Crippen LogP contribution in [-0.2, 0) is 10.5 Å². The predicted octanol–water partition coefficient (Wildman–Crippen LogP) is 3.82. The molecule has 0 aliphatic carbocycles. The van der Waals surface area contributed by atoms with Crippen LogP contribution < -0.4 is 4.74 Å². The van der Waals surface area contributed by atoms with Crippen LogP contribution in [0.2, 0.25) is 0 Å². The Labute approximate surface area is 159 Å². The summed E-state index contributed by atoms with van der Waals surface area (Å²) < 4.78 is 25.0. The number of pyridine rings is 1. The number of imidazole rings is 1. The van der Waals surface area contributed by atoms with Crippen molar-refractivity contribution in [3.05, 3.63) is 59.3 Å². The minimum atomic E-state index is -0.520. The van der Waals surface area contributed by atoms with Gasteiger partial charge in [-0.1, -0.05) is 0 Å². The Balaban J connectivity index is 2.06. The summed E-state index contributed by atoms with van der Waals surface area (Å²) in [4.78, 5) is 17.8. The van der Waals surface area contributed by atoms with E-state index in [2.05, 4.69) is 11.1 Å². The first-order valence-electron chi connectivity index (χ1n) is 8.12. The molecule has 0 bridgehead atoms. The molecule has 0 unspecified atom stereocenters. The fraction of sp³-hybridized carbons (Fsp3) is 0.211. The zero-order chi connectivity index (χ0) is 19.4. The molecule has 6 nitrogen and oxygen atoms in total. The molecule has 1 aromatic carbocycles. The molecule has 0 spiro atoms. The molecule has 8 heteroatoms. The molecule has 0 radical (unpaired) electrons. The van der Waals surface area contributed by atoms with Gasteiger partial charge >= 0.3 is 5.97 Å². The third kappa shape index (κ3) is 3.73. The number of benzene rings is 1. The van der Waals surface area contributed by atoms with E-state index in [1.807, 2.05) is 0 Å². The first-order valence-corrected chi connectivity index (χ1v) is 9.11. The lowest BCUT2D eigenvalue weighted by Gasteiger charge is -2.06. The minimum Gasteiger partial charge on any atom is -0.495 e. The lowest BCUT2D eigenvalue weighted by atomic mass is 10.2. The van der Waals surface area contributed by atoms with Crippen LogP contribution in [0.1, 0.15) is 28.7 Å². The highest BCUT2D eigenvalue weighted by atomic mass is 32.2. The van der Waals surface area contributed by atoms with Gasteiger partial charge in [-0.25, -0.2) is 14.2 Å². The van der Waals surface area contributed by atoms with Crippen LogP contribution >= 0.6 is 11.8 Å². The Kier molecular flexibility index (Phi) is 5.62. The number of methoxy groups -OCH3 is 1. The van der Waals surface area contributed by atoms with Crippen LogP contribution in [0, 0.1) is 17.1 Å². The van der Waals surface area contributed by atoms with Crippen molar-refractivity contribution in [2.45, 2.75) is 17.6 Å². The Morgan fingerprint density at radius 2 is 2.07 bits per heavy atom. The van der Waals surface area contributed by atoms with Gasteiger partial charge in [-0.2, -0.15) is 5.26 Å². The number of nitriles is 1. The number of carbonyl (C=O) groups is 1. The standard InChI is InChI=1S/C19H16FN3O3S/c1-3-26-19(24)17-15(11-27-13-6-4-12(20)5-7-13)22-18-14(10-21)16(25-2)8-9-23(17)18/h4-9H,3,11H2,1-2H3. The van der Waals surface area contributed by atoms with Gasteiger partial charge in [-0.15, -0.1) is 11.8 Å². The van der Waals surface area contributed by atoms with Gasteiger partial charge in [0, 0.05) is 16.8 Å². The van der Waals surface area contributed by atoms with Crippen molar-refractivity contribution in [1.29, 1.82) is 5.26 Å². The van der Waals surface area contributed by atoms with Crippen LogP contribution in [0.5, 0.6) is 5.75 Å². The number of fused-ring (bicyclic) bond motifs is 1. The average molecular weight is 385 g/mol. The number of ether oxygens (including phenoxy) is 2. The molecule has 3 aromatic rings. The fourth-order valence-corrected chi connectivity index (χ4v) is 3.44. The lowest BCUT2D eigenvalue weighted by molar-refractivity contribution is 0.0517. The number of halogens is 1. The predicted molar refractivity (Wildman–Crippen MR) is 98.4 cm³/mol. The Bertz CT molecular complexity index is 1030. The van der Waals surface area contributed by atoms with E-state index in [-0.39, 0.29) is 23.7 Å². The molecular formula is C19H16FN3O3S. The minimum absolute atomic E-state index is 0.220. The Morgan fingerprint density at radius 3 is 2.70 bits per heavy atom. The van der Waals surface area contributed by atoms with Gasteiger partial charge in [-0.05, 0) is 37.3 Å². The summed E-state index contributed by atoms with van der Waals surface area (Å²) >= 11 is 1.41. The second-order valence-electron chi connectivity index (χ2n) is 5.43. The van der Waals surface area contributed by atoms with Gasteiger partial charge in [0.2, 0.25) is 0 Å². The maximum absolute atomic E-state index is 13.1. The molecule has 2 aromatic heterocycles. The van der Waals surface area contributed by atoms with Crippen molar-refractivity contribution < 1.29 is 18.7 Å². The molecule has 0 amide bonds. The molecule has 0 aliphatic rings. The second kappa shape index (κ2) is 8.10. The summed E-state index contributed by atoms with van der Waals surface area (Å²) in [6.07, 6.45) is 1.63. The van der Waals surface area contributed by atoms with Crippen molar-refractivity contribution in [3.63, 3.8) is 0 Å². The van der Waals surface area contributed by atoms with Crippen molar-refractivity contribution in [2.75, 3.05) is 13.7 Å². The summed E-state index contributed by atoms with van der Waals surface area (Å²) in [5.41, 5.74) is 1.31. The molecule has 0 saturated carbocycles. The zero-order valence-corrected chi connectivity index (χ0v) is 15.5. The van der Waals surface area contributed by atoms with E-state index in [1.165, 1.54) is 31.0 Å². The third-order valence-electron chi connectivity index (χ3n) is 3.82. The van der Waals surface area contributed by atoms with Crippen LogP contribution in [0.15, 0.2) is 41.4 Å². The summed E-state index contributed by atoms with van der Waals surface area (Å²) in [6.45, 7) is 1.94. The van der Waals surface area contributed by atoms with Crippen LogP contribution in [0.25, 0.3) is 5.65 Å². The van der Waals surface area contributed by atoms with Gasteiger partial charge in [0.05, 0.1) is 19.4 Å².